The Morgan fingerprint density at radius 2 is 2.44 bits per heavy atom. The summed E-state index contributed by atoms with van der Waals surface area (Å²) in [6, 6.07) is 1.74. The van der Waals surface area contributed by atoms with E-state index in [0.29, 0.717) is 23.2 Å². The summed E-state index contributed by atoms with van der Waals surface area (Å²) < 4.78 is 14.3. The molecule has 1 aromatic rings. The van der Waals surface area contributed by atoms with Crippen molar-refractivity contribution in [2.24, 2.45) is 0 Å². The summed E-state index contributed by atoms with van der Waals surface area (Å²) in [5, 5.41) is 3.58. The van der Waals surface area contributed by atoms with Crippen LogP contribution in [0.1, 0.15) is 18.9 Å². The van der Waals surface area contributed by atoms with E-state index in [4.69, 9.17) is 0 Å². The summed E-state index contributed by atoms with van der Waals surface area (Å²) >= 11 is 1.98. The van der Waals surface area contributed by atoms with Gasteiger partial charge in [0.05, 0.1) is 0 Å². The largest absolute Gasteiger partial charge is 0.352 e. The monoisotopic (exact) mass is 269 g/mol. The van der Waals surface area contributed by atoms with Gasteiger partial charge in [-0.1, -0.05) is 6.92 Å². The molecule has 0 saturated carbocycles. The number of halogens is 1. The summed E-state index contributed by atoms with van der Waals surface area (Å²) in [6.45, 7) is 4.51. The Balaban J connectivity index is 2.19. The highest BCUT2D eigenvalue weighted by Gasteiger charge is 2.23. The van der Waals surface area contributed by atoms with E-state index < -0.39 is 0 Å². The van der Waals surface area contributed by atoms with E-state index in [1.165, 1.54) is 0 Å². The standard InChI is InChI=1S/C13H20FN3S/c1-3-11-9-17(6-7-18-11)13-12(14)10(8-15-2)4-5-16-13/h4-5,11,15H,3,6-9H2,1-2H3. The molecule has 0 aliphatic carbocycles. The maximum absolute atomic E-state index is 14.3. The predicted molar refractivity (Wildman–Crippen MR) is 75.7 cm³/mol. The Morgan fingerprint density at radius 3 is 3.17 bits per heavy atom. The van der Waals surface area contributed by atoms with E-state index >= 15 is 0 Å². The first-order valence-electron chi connectivity index (χ1n) is 6.40. The van der Waals surface area contributed by atoms with Crippen molar-refractivity contribution >= 4 is 17.6 Å². The lowest BCUT2D eigenvalue weighted by atomic mass is 10.2. The van der Waals surface area contributed by atoms with E-state index in [1.54, 1.807) is 12.3 Å². The van der Waals surface area contributed by atoms with Gasteiger partial charge in [0.2, 0.25) is 0 Å². The van der Waals surface area contributed by atoms with Gasteiger partial charge in [-0.2, -0.15) is 11.8 Å². The topological polar surface area (TPSA) is 28.2 Å². The number of hydrogen-bond donors (Lipinski definition) is 1. The van der Waals surface area contributed by atoms with Crippen molar-refractivity contribution < 1.29 is 4.39 Å². The van der Waals surface area contributed by atoms with Crippen LogP contribution in [0.4, 0.5) is 10.2 Å². The molecule has 1 N–H and O–H groups in total. The molecule has 0 spiro atoms. The second-order valence-corrected chi connectivity index (χ2v) is 5.89. The fraction of sp³-hybridized carbons (Fsp3) is 0.615. The Bertz CT molecular complexity index is 400. The van der Waals surface area contributed by atoms with Gasteiger partial charge in [-0.15, -0.1) is 0 Å². The number of anilines is 1. The molecule has 1 fully saturated rings. The van der Waals surface area contributed by atoms with Crippen molar-refractivity contribution in [1.29, 1.82) is 0 Å². The minimum atomic E-state index is -0.173. The SMILES string of the molecule is CCC1CN(c2nccc(CNC)c2F)CCS1. The minimum absolute atomic E-state index is 0.173. The molecule has 3 nitrogen and oxygen atoms in total. The molecule has 2 rings (SSSR count). The lowest BCUT2D eigenvalue weighted by Gasteiger charge is -2.33. The molecule has 5 heteroatoms. The molecule has 2 heterocycles. The molecule has 0 amide bonds. The van der Waals surface area contributed by atoms with Crippen LogP contribution in [0, 0.1) is 5.82 Å². The van der Waals surface area contributed by atoms with Crippen molar-refractivity contribution in [3.05, 3.63) is 23.6 Å². The number of nitrogens with zero attached hydrogens (tertiary/aromatic N) is 2. The fourth-order valence-corrected chi connectivity index (χ4v) is 3.36. The van der Waals surface area contributed by atoms with Crippen LogP contribution in [0.15, 0.2) is 12.3 Å². The van der Waals surface area contributed by atoms with Gasteiger partial charge in [-0.25, -0.2) is 9.37 Å². The van der Waals surface area contributed by atoms with Crippen molar-refractivity contribution in [1.82, 2.24) is 10.3 Å². The van der Waals surface area contributed by atoms with Crippen LogP contribution >= 0.6 is 11.8 Å². The Kier molecular flexibility index (Phi) is 4.83. The Morgan fingerprint density at radius 1 is 1.61 bits per heavy atom. The first-order chi connectivity index (χ1) is 8.76. The molecule has 1 saturated heterocycles. The maximum Gasteiger partial charge on any atom is 0.170 e. The summed E-state index contributed by atoms with van der Waals surface area (Å²) in [6.07, 6.45) is 2.83. The second-order valence-electron chi connectivity index (χ2n) is 4.49. The van der Waals surface area contributed by atoms with Gasteiger partial charge in [0.1, 0.15) is 0 Å². The highest BCUT2D eigenvalue weighted by molar-refractivity contribution is 8.00. The molecule has 1 aliphatic heterocycles. The highest BCUT2D eigenvalue weighted by Crippen LogP contribution is 2.27. The maximum atomic E-state index is 14.3. The number of pyridine rings is 1. The van der Waals surface area contributed by atoms with Crippen molar-refractivity contribution in [2.75, 3.05) is 30.8 Å². The summed E-state index contributed by atoms with van der Waals surface area (Å²) in [5.74, 6) is 1.39. The molecule has 100 valence electrons. The Labute approximate surface area is 112 Å². The molecule has 1 aliphatic rings. The molecule has 1 aromatic heterocycles. The average Bonchev–Trinajstić information content (AvgIpc) is 2.41. The zero-order chi connectivity index (χ0) is 13.0. The predicted octanol–water partition coefficient (Wildman–Crippen LogP) is 2.27. The van der Waals surface area contributed by atoms with Gasteiger partial charge < -0.3 is 10.2 Å². The van der Waals surface area contributed by atoms with Crippen LogP contribution in [0.5, 0.6) is 0 Å². The van der Waals surface area contributed by atoms with Crippen LogP contribution in [0.25, 0.3) is 0 Å². The van der Waals surface area contributed by atoms with Crippen molar-refractivity contribution in [3.63, 3.8) is 0 Å². The van der Waals surface area contributed by atoms with Gasteiger partial charge in [0, 0.05) is 42.4 Å². The average molecular weight is 269 g/mol. The highest BCUT2D eigenvalue weighted by atomic mass is 32.2. The third-order valence-corrected chi connectivity index (χ3v) is 4.58. The van der Waals surface area contributed by atoms with Crippen molar-refractivity contribution in [2.45, 2.75) is 25.1 Å². The zero-order valence-electron chi connectivity index (χ0n) is 10.9. The summed E-state index contributed by atoms with van der Waals surface area (Å²) in [7, 11) is 1.82. The third-order valence-electron chi connectivity index (χ3n) is 3.21. The van der Waals surface area contributed by atoms with Crippen LogP contribution in [-0.4, -0.2) is 36.1 Å². The van der Waals surface area contributed by atoms with Crippen LogP contribution < -0.4 is 10.2 Å². The van der Waals surface area contributed by atoms with E-state index in [1.807, 2.05) is 18.8 Å². The lowest BCUT2D eigenvalue weighted by molar-refractivity contribution is 0.582. The molecular formula is C13H20FN3S. The van der Waals surface area contributed by atoms with Crippen LogP contribution in [0.3, 0.4) is 0 Å². The first kappa shape index (κ1) is 13.6. The van der Waals surface area contributed by atoms with Gasteiger partial charge in [-0.3, -0.25) is 0 Å². The van der Waals surface area contributed by atoms with Gasteiger partial charge in [0.25, 0.3) is 0 Å². The molecule has 0 radical (unpaired) electrons. The van der Waals surface area contributed by atoms with Crippen molar-refractivity contribution in [3.8, 4) is 0 Å². The smallest absolute Gasteiger partial charge is 0.170 e. The summed E-state index contributed by atoms with van der Waals surface area (Å²) in [4.78, 5) is 6.31. The lowest BCUT2D eigenvalue weighted by Crippen LogP contribution is -2.38. The molecule has 0 bridgehead atoms. The van der Waals surface area contributed by atoms with Gasteiger partial charge in [0.15, 0.2) is 11.6 Å². The van der Waals surface area contributed by atoms with E-state index in [2.05, 4.69) is 22.1 Å². The van der Waals surface area contributed by atoms with E-state index in [-0.39, 0.29) is 5.82 Å². The molecule has 1 unspecified atom stereocenters. The molecule has 1 atom stereocenters. The van der Waals surface area contributed by atoms with Gasteiger partial charge in [-0.05, 0) is 19.5 Å². The third kappa shape index (κ3) is 2.95. The normalized spacial score (nSPS) is 20.2. The number of rotatable bonds is 4. The number of hydrogen-bond acceptors (Lipinski definition) is 4. The van der Waals surface area contributed by atoms with Crippen LogP contribution in [-0.2, 0) is 6.54 Å². The Hall–Kier alpha value is -0.810. The summed E-state index contributed by atoms with van der Waals surface area (Å²) in [5.41, 5.74) is 0.689. The first-order valence-corrected chi connectivity index (χ1v) is 7.45. The molecular weight excluding hydrogens is 249 g/mol. The van der Waals surface area contributed by atoms with Crippen LogP contribution in [0.2, 0.25) is 0 Å². The number of aromatic nitrogens is 1. The molecule has 18 heavy (non-hydrogen) atoms. The number of nitrogens with one attached hydrogen (secondary N) is 1. The zero-order valence-corrected chi connectivity index (χ0v) is 11.8. The minimum Gasteiger partial charge on any atom is -0.352 e. The molecule has 0 aromatic carbocycles. The van der Waals surface area contributed by atoms with E-state index in [9.17, 15) is 4.39 Å². The second kappa shape index (κ2) is 6.38. The quantitative estimate of drug-likeness (QED) is 0.907. The fourth-order valence-electron chi connectivity index (χ4n) is 2.18. The van der Waals surface area contributed by atoms with E-state index in [0.717, 1.165) is 25.3 Å². The number of thioether (sulfide) groups is 1. The van der Waals surface area contributed by atoms with Gasteiger partial charge >= 0.3 is 0 Å².